The van der Waals surface area contributed by atoms with Gasteiger partial charge in [0.2, 0.25) is 11.8 Å². The van der Waals surface area contributed by atoms with Crippen molar-refractivity contribution in [3.8, 4) is 5.75 Å². The van der Waals surface area contributed by atoms with E-state index in [4.69, 9.17) is 9.26 Å². The lowest BCUT2D eigenvalue weighted by molar-refractivity contribution is -0.115. The second-order valence-corrected chi connectivity index (χ2v) is 7.24. The summed E-state index contributed by atoms with van der Waals surface area (Å²) in [5, 5.41) is 6.77. The molecule has 1 atom stereocenters. The number of carbonyl (C=O) groups excluding carboxylic acids is 1. The lowest BCUT2D eigenvalue weighted by Gasteiger charge is -2.31. The molecule has 1 saturated heterocycles. The predicted octanol–water partition coefficient (Wildman–Crippen LogP) is 2.43. The van der Waals surface area contributed by atoms with Gasteiger partial charge in [-0.05, 0) is 37.6 Å². The highest BCUT2D eigenvalue weighted by atomic mass is 16.5. The molecule has 156 valence electrons. The minimum atomic E-state index is -0.228. The van der Waals surface area contributed by atoms with E-state index in [1.165, 1.54) is 0 Å². The first-order chi connectivity index (χ1) is 14.7. The van der Waals surface area contributed by atoms with Crippen LogP contribution in [-0.4, -0.2) is 51.1 Å². The second-order valence-electron chi connectivity index (χ2n) is 7.24. The average Bonchev–Trinajstić information content (AvgIpc) is 3.21. The van der Waals surface area contributed by atoms with Gasteiger partial charge in [0.05, 0.1) is 25.8 Å². The summed E-state index contributed by atoms with van der Waals surface area (Å²) < 4.78 is 10.6. The largest absolute Gasteiger partial charge is 0.495 e. The Bertz CT molecular complexity index is 978. The zero-order valence-corrected chi connectivity index (χ0v) is 16.8. The highest BCUT2D eigenvalue weighted by Gasteiger charge is 2.24. The van der Waals surface area contributed by atoms with Crippen LogP contribution in [0.4, 0.5) is 5.69 Å². The number of ether oxygens (including phenoxy) is 1. The molecule has 1 amide bonds. The Morgan fingerprint density at radius 1 is 1.33 bits per heavy atom. The van der Waals surface area contributed by atoms with Crippen LogP contribution in [0.1, 0.15) is 36.2 Å². The summed E-state index contributed by atoms with van der Waals surface area (Å²) in [5.41, 5.74) is 1.67. The van der Waals surface area contributed by atoms with Crippen LogP contribution < -0.4 is 10.1 Å². The summed E-state index contributed by atoms with van der Waals surface area (Å²) in [6.07, 6.45) is 5.59. The van der Waals surface area contributed by atoms with Gasteiger partial charge in [0.1, 0.15) is 12.1 Å². The number of benzene rings is 1. The van der Waals surface area contributed by atoms with Crippen molar-refractivity contribution in [3.63, 3.8) is 0 Å². The topological polar surface area (TPSA) is 106 Å². The second kappa shape index (κ2) is 9.45. The third-order valence-electron chi connectivity index (χ3n) is 5.10. The number of para-hydroxylation sites is 2. The molecule has 30 heavy (non-hydrogen) atoms. The van der Waals surface area contributed by atoms with E-state index >= 15 is 0 Å². The fourth-order valence-electron chi connectivity index (χ4n) is 3.69. The van der Waals surface area contributed by atoms with Crippen LogP contribution in [0.5, 0.6) is 5.75 Å². The first kappa shape index (κ1) is 20.0. The molecule has 0 radical (unpaired) electrons. The lowest BCUT2D eigenvalue weighted by Crippen LogP contribution is -2.34. The van der Waals surface area contributed by atoms with Gasteiger partial charge >= 0.3 is 0 Å². The molecule has 1 N–H and O–H groups in total. The molecule has 0 spiro atoms. The molecule has 0 bridgehead atoms. The maximum atomic E-state index is 12.3. The third-order valence-corrected chi connectivity index (χ3v) is 5.10. The van der Waals surface area contributed by atoms with Crippen molar-refractivity contribution in [2.45, 2.75) is 31.7 Å². The molecule has 4 rings (SSSR count). The number of hydrogen-bond acceptors (Lipinski definition) is 8. The number of anilines is 1. The lowest BCUT2D eigenvalue weighted by atomic mass is 9.94. The highest BCUT2D eigenvalue weighted by Crippen LogP contribution is 2.26. The smallest absolute Gasteiger partial charge is 0.240 e. The molecule has 9 heteroatoms. The monoisotopic (exact) mass is 408 g/mol. The molecule has 1 fully saturated rings. The van der Waals surface area contributed by atoms with E-state index in [0.717, 1.165) is 31.6 Å². The third kappa shape index (κ3) is 4.98. The highest BCUT2D eigenvalue weighted by molar-refractivity contribution is 5.93. The fourth-order valence-corrected chi connectivity index (χ4v) is 3.69. The van der Waals surface area contributed by atoms with Crippen molar-refractivity contribution in [1.29, 1.82) is 0 Å². The van der Waals surface area contributed by atoms with Gasteiger partial charge in [0.25, 0.3) is 0 Å². The summed E-state index contributed by atoms with van der Waals surface area (Å²) in [7, 11) is 1.56. The number of likely N-dealkylation sites (tertiary alicyclic amines) is 1. The molecule has 2 aromatic heterocycles. The van der Waals surface area contributed by atoms with Gasteiger partial charge in [0.15, 0.2) is 5.82 Å². The van der Waals surface area contributed by atoms with Crippen molar-refractivity contribution < 1.29 is 14.1 Å². The van der Waals surface area contributed by atoms with Gasteiger partial charge in [0, 0.05) is 24.4 Å². The van der Waals surface area contributed by atoms with Crippen molar-refractivity contribution in [3.05, 3.63) is 60.3 Å². The molecule has 0 aliphatic carbocycles. The quantitative estimate of drug-likeness (QED) is 0.635. The van der Waals surface area contributed by atoms with E-state index in [9.17, 15) is 4.79 Å². The van der Waals surface area contributed by atoms with E-state index in [1.54, 1.807) is 31.8 Å². The number of nitrogens with zero attached hydrogens (tertiary/aromatic N) is 5. The Balaban J connectivity index is 1.32. The zero-order valence-electron chi connectivity index (χ0n) is 16.8. The number of hydrogen-bond donors (Lipinski definition) is 1. The average molecular weight is 408 g/mol. The number of nitrogens with one attached hydrogen (secondary N) is 1. The number of amides is 1. The number of methoxy groups -OCH3 is 1. The Morgan fingerprint density at radius 3 is 3.07 bits per heavy atom. The zero-order chi connectivity index (χ0) is 20.8. The number of rotatable bonds is 7. The van der Waals surface area contributed by atoms with Gasteiger partial charge in [-0.1, -0.05) is 17.3 Å². The van der Waals surface area contributed by atoms with Gasteiger partial charge in [-0.3, -0.25) is 9.69 Å². The molecule has 3 heterocycles. The molecule has 9 nitrogen and oxygen atoms in total. The molecule has 0 saturated carbocycles. The van der Waals surface area contributed by atoms with E-state index in [2.05, 4.69) is 30.3 Å². The fraction of sp³-hybridized carbons (Fsp3) is 0.381. The Hall–Kier alpha value is -3.33. The molecule has 1 aromatic carbocycles. The van der Waals surface area contributed by atoms with Crippen LogP contribution in [0, 0.1) is 0 Å². The van der Waals surface area contributed by atoms with Crippen molar-refractivity contribution >= 4 is 11.6 Å². The van der Waals surface area contributed by atoms with Gasteiger partial charge in [-0.15, -0.1) is 0 Å². The molecule has 3 aromatic rings. The standard InChI is InChI=1S/C21H24N6O3/c1-29-18-7-3-2-6-17(18)24-20(28)11-19-25-21(30-26-19)13-27-10-4-5-15(12-27)16-8-9-22-14-23-16/h2-3,6-9,14-15H,4-5,10-13H2,1H3,(H,24,28)/t15-/m0/s1. The predicted molar refractivity (Wildman–Crippen MR) is 109 cm³/mol. The van der Waals surface area contributed by atoms with Crippen LogP contribution in [0.3, 0.4) is 0 Å². The Kier molecular flexibility index (Phi) is 6.29. The summed E-state index contributed by atoms with van der Waals surface area (Å²) >= 11 is 0. The van der Waals surface area contributed by atoms with Gasteiger partial charge in [-0.2, -0.15) is 4.98 Å². The van der Waals surface area contributed by atoms with E-state index < -0.39 is 0 Å². The maximum Gasteiger partial charge on any atom is 0.240 e. The Morgan fingerprint density at radius 2 is 2.23 bits per heavy atom. The maximum absolute atomic E-state index is 12.3. The number of aromatic nitrogens is 4. The normalized spacial score (nSPS) is 16.9. The first-order valence-corrected chi connectivity index (χ1v) is 9.94. The Labute approximate surface area is 174 Å². The first-order valence-electron chi connectivity index (χ1n) is 9.94. The van der Waals surface area contributed by atoms with Crippen LogP contribution in [-0.2, 0) is 17.8 Å². The van der Waals surface area contributed by atoms with Gasteiger partial charge in [-0.25, -0.2) is 9.97 Å². The van der Waals surface area contributed by atoms with E-state index in [1.807, 2.05) is 18.2 Å². The van der Waals surface area contributed by atoms with E-state index in [0.29, 0.717) is 35.6 Å². The number of piperidine rings is 1. The van der Waals surface area contributed by atoms with Crippen LogP contribution in [0.25, 0.3) is 0 Å². The summed E-state index contributed by atoms with van der Waals surface area (Å²) in [6, 6.07) is 9.21. The summed E-state index contributed by atoms with van der Waals surface area (Å²) in [6.45, 7) is 2.40. The minimum absolute atomic E-state index is 0.0328. The van der Waals surface area contributed by atoms with Crippen LogP contribution in [0.2, 0.25) is 0 Å². The van der Waals surface area contributed by atoms with Crippen molar-refractivity contribution in [1.82, 2.24) is 25.0 Å². The van der Waals surface area contributed by atoms with Crippen molar-refractivity contribution in [2.24, 2.45) is 0 Å². The molecule has 1 aliphatic heterocycles. The van der Waals surface area contributed by atoms with Crippen molar-refractivity contribution in [2.75, 3.05) is 25.5 Å². The number of carbonyl (C=O) groups is 1. The molecular formula is C21H24N6O3. The summed E-state index contributed by atoms with van der Waals surface area (Å²) in [5.74, 6) is 1.62. The minimum Gasteiger partial charge on any atom is -0.495 e. The molecule has 0 unspecified atom stereocenters. The molecular weight excluding hydrogens is 384 g/mol. The van der Waals surface area contributed by atoms with E-state index in [-0.39, 0.29) is 12.3 Å². The summed E-state index contributed by atoms with van der Waals surface area (Å²) in [4.78, 5) is 27.4. The van der Waals surface area contributed by atoms with Crippen LogP contribution in [0.15, 0.2) is 47.4 Å². The SMILES string of the molecule is COc1ccccc1NC(=O)Cc1noc(CN2CCC[C@H](c3ccncn3)C2)n1. The van der Waals surface area contributed by atoms with Gasteiger partial charge < -0.3 is 14.6 Å². The van der Waals surface area contributed by atoms with Crippen LogP contribution >= 0.6 is 0 Å². The molecule has 1 aliphatic rings.